The molecule has 1 saturated carbocycles. The minimum atomic E-state index is 0.803. The second kappa shape index (κ2) is 6.61. The number of hydrogen-bond acceptors (Lipinski definition) is 2. The number of nitrogens with zero attached hydrogens (tertiary/aromatic N) is 1. The van der Waals surface area contributed by atoms with Crippen molar-refractivity contribution in [1.82, 2.24) is 10.2 Å². The Morgan fingerprint density at radius 1 is 0.938 bits per heavy atom. The van der Waals surface area contributed by atoms with Crippen LogP contribution in [-0.4, -0.2) is 37.1 Å². The maximum absolute atomic E-state index is 3.82. The van der Waals surface area contributed by atoms with E-state index in [1.54, 1.807) is 0 Å². The van der Waals surface area contributed by atoms with Gasteiger partial charge in [-0.1, -0.05) is 32.1 Å². The number of nitrogens with one attached hydrogen (secondary N) is 1. The van der Waals surface area contributed by atoms with Gasteiger partial charge in [-0.05, 0) is 39.3 Å². The molecule has 0 amide bonds. The summed E-state index contributed by atoms with van der Waals surface area (Å²) in [5.74, 6) is 0. The minimum Gasteiger partial charge on any atom is -0.312 e. The van der Waals surface area contributed by atoms with Crippen LogP contribution in [0.3, 0.4) is 0 Å². The van der Waals surface area contributed by atoms with Gasteiger partial charge in [0.25, 0.3) is 0 Å². The third kappa shape index (κ3) is 3.74. The van der Waals surface area contributed by atoms with E-state index in [2.05, 4.69) is 17.3 Å². The molecule has 0 aromatic heterocycles. The summed E-state index contributed by atoms with van der Waals surface area (Å²) in [7, 11) is 2.29. The van der Waals surface area contributed by atoms with Gasteiger partial charge in [0.1, 0.15) is 0 Å². The fourth-order valence-electron chi connectivity index (χ4n) is 3.19. The molecule has 1 heterocycles. The first-order valence-corrected chi connectivity index (χ1v) is 7.30. The fourth-order valence-corrected chi connectivity index (χ4v) is 3.19. The Labute approximate surface area is 101 Å². The Kier molecular flexibility index (Phi) is 5.11. The summed E-state index contributed by atoms with van der Waals surface area (Å²) < 4.78 is 0. The number of piperidine rings is 1. The second-order valence-electron chi connectivity index (χ2n) is 5.73. The van der Waals surface area contributed by atoms with Gasteiger partial charge in [-0.15, -0.1) is 0 Å². The number of likely N-dealkylation sites (tertiary alicyclic amines) is 1. The van der Waals surface area contributed by atoms with Crippen molar-refractivity contribution in [1.29, 1.82) is 0 Å². The molecular formula is C14H28N2. The van der Waals surface area contributed by atoms with Crippen molar-refractivity contribution < 1.29 is 0 Å². The van der Waals surface area contributed by atoms with Crippen LogP contribution in [0.5, 0.6) is 0 Å². The zero-order chi connectivity index (χ0) is 11.2. The Bertz CT molecular complexity index is 185. The normalized spacial score (nSPS) is 30.2. The predicted molar refractivity (Wildman–Crippen MR) is 69.8 cm³/mol. The minimum absolute atomic E-state index is 0.803. The molecule has 0 bridgehead atoms. The molecule has 0 aromatic rings. The van der Waals surface area contributed by atoms with Crippen LogP contribution in [0.1, 0.15) is 57.8 Å². The Morgan fingerprint density at radius 3 is 2.31 bits per heavy atom. The van der Waals surface area contributed by atoms with Crippen molar-refractivity contribution in [2.75, 3.05) is 20.1 Å². The summed E-state index contributed by atoms with van der Waals surface area (Å²) in [5, 5.41) is 3.82. The van der Waals surface area contributed by atoms with Crippen molar-refractivity contribution in [3.63, 3.8) is 0 Å². The van der Waals surface area contributed by atoms with Gasteiger partial charge in [-0.2, -0.15) is 0 Å². The highest BCUT2D eigenvalue weighted by Gasteiger charge is 2.20. The van der Waals surface area contributed by atoms with Gasteiger partial charge in [0.15, 0.2) is 0 Å². The molecule has 0 unspecified atom stereocenters. The van der Waals surface area contributed by atoms with E-state index in [1.165, 1.54) is 70.9 Å². The van der Waals surface area contributed by atoms with Gasteiger partial charge in [-0.25, -0.2) is 0 Å². The number of rotatable bonds is 3. The molecule has 16 heavy (non-hydrogen) atoms. The summed E-state index contributed by atoms with van der Waals surface area (Å²) >= 11 is 0. The van der Waals surface area contributed by atoms with E-state index in [0.717, 1.165) is 12.1 Å². The highest BCUT2D eigenvalue weighted by molar-refractivity contribution is 4.79. The number of hydrogen-bond donors (Lipinski definition) is 1. The Hall–Kier alpha value is -0.0800. The summed E-state index contributed by atoms with van der Waals surface area (Å²) in [6.45, 7) is 2.53. The lowest BCUT2D eigenvalue weighted by Gasteiger charge is -2.33. The maximum Gasteiger partial charge on any atom is 0.0217 e. The third-order valence-electron chi connectivity index (χ3n) is 4.42. The topological polar surface area (TPSA) is 15.3 Å². The van der Waals surface area contributed by atoms with Crippen LogP contribution in [0, 0.1) is 0 Å². The van der Waals surface area contributed by atoms with E-state index in [1.807, 2.05) is 0 Å². The molecule has 2 fully saturated rings. The van der Waals surface area contributed by atoms with Gasteiger partial charge in [0.2, 0.25) is 0 Å². The van der Waals surface area contributed by atoms with Crippen molar-refractivity contribution in [3.8, 4) is 0 Å². The first-order chi connectivity index (χ1) is 7.86. The molecule has 1 saturated heterocycles. The highest BCUT2D eigenvalue weighted by atomic mass is 15.2. The zero-order valence-electron chi connectivity index (χ0n) is 10.9. The van der Waals surface area contributed by atoms with Crippen LogP contribution in [-0.2, 0) is 0 Å². The van der Waals surface area contributed by atoms with Crippen molar-refractivity contribution in [2.45, 2.75) is 69.9 Å². The first kappa shape index (κ1) is 12.4. The molecule has 2 aliphatic rings. The summed E-state index contributed by atoms with van der Waals surface area (Å²) in [6.07, 6.45) is 12.9. The van der Waals surface area contributed by atoms with Gasteiger partial charge in [-0.3, -0.25) is 0 Å². The SMILES string of the molecule is CN1CCCC[C@@H]1CNC1CCCCCC1. The maximum atomic E-state index is 3.82. The smallest absolute Gasteiger partial charge is 0.0217 e. The monoisotopic (exact) mass is 224 g/mol. The third-order valence-corrected chi connectivity index (χ3v) is 4.42. The molecule has 94 valence electrons. The van der Waals surface area contributed by atoms with Crippen LogP contribution < -0.4 is 5.32 Å². The van der Waals surface area contributed by atoms with Crippen molar-refractivity contribution in [2.24, 2.45) is 0 Å². The van der Waals surface area contributed by atoms with Gasteiger partial charge < -0.3 is 10.2 Å². The predicted octanol–water partition coefficient (Wildman–Crippen LogP) is 2.78. The van der Waals surface area contributed by atoms with E-state index < -0.39 is 0 Å². The lowest BCUT2D eigenvalue weighted by atomic mass is 10.0. The Morgan fingerprint density at radius 2 is 1.62 bits per heavy atom. The van der Waals surface area contributed by atoms with Crippen LogP contribution >= 0.6 is 0 Å². The largest absolute Gasteiger partial charge is 0.312 e. The first-order valence-electron chi connectivity index (χ1n) is 7.30. The van der Waals surface area contributed by atoms with E-state index >= 15 is 0 Å². The molecule has 2 rings (SSSR count). The van der Waals surface area contributed by atoms with E-state index in [9.17, 15) is 0 Å². The van der Waals surface area contributed by atoms with Crippen LogP contribution in [0.15, 0.2) is 0 Å². The molecule has 2 heteroatoms. The quantitative estimate of drug-likeness (QED) is 0.742. The molecule has 1 aliphatic heterocycles. The summed E-state index contributed by atoms with van der Waals surface area (Å²) in [5.41, 5.74) is 0. The summed E-state index contributed by atoms with van der Waals surface area (Å²) in [6, 6.07) is 1.62. The van der Waals surface area contributed by atoms with Gasteiger partial charge >= 0.3 is 0 Å². The molecule has 1 N–H and O–H groups in total. The van der Waals surface area contributed by atoms with Crippen LogP contribution in [0.25, 0.3) is 0 Å². The van der Waals surface area contributed by atoms with E-state index in [-0.39, 0.29) is 0 Å². The molecule has 1 atom stereocenters. The molecular weight excluding hydrogens is 196 g/mol. The zero-order valence-corrected chi connectivity index (χ0v) is 10.9. The molecule has 0 radical (unpaired) electrons. The van der Waals surface area contributed by atoms with E-state index in [4.69, 9.17) is 0 Å². The van der Waals surface area contributed by atoms with Gasteiger partial charge in [0, 0.05) is 18.6 Å². The van der Waals surface area contributed by atoms with Gasteiger partial charge in [0.05, 0.1) is 0 Å². The number of likely N-dealkylation sites (N-methyl/N-ethyl adjacent to an activating group) is 1. The van der Waals surface area contributed by atoms with Crippen LogP contribution in [0.2, 0.25) is 0 Å². The molecule has 1 aliphatic carbocycles. The highest BCUT2D eigenvalue weighted by Crippen LogP contribution is 2.18. The second-order valence-corrected chi connectivity index (χ2v) is 5.73. The van der Waals surface area contributed by atoms with Crippen molar-refractivity contribution in [3.05, 3.63) is 0 Å². The standard InChI is InChI=1S/C14H28N2/c1-16-11-7-6-10-14(16)12-15-13-8-4-2-3-5-9-13/h13-15H,2-12H2,1H3/t14-/m1/s1. The lowest BCUT2D eigenvalue weighted by Crippen LogP contribution is -2.45. The summed E-state index contributed by atoms with van der Waals surface area (Å²) in [4.78, 5) is 2.55. The molecule has 0 spiro atoms. The lowest BCUT2D eigenvalue weighted by molar-refractivity contribution is 0.176. The fraction of sp³-hybridized carbons (Fsp3) is 1.00. The Balaban J connectivity index is 1.68. The molecule has 2 nitrogen and oxygen atoms in total. The van der Waals surface area contributed by atoms with E-state index in [0.29, 0.717) is 0 Å². The van der Waals surface area contributed by atoms with Crippen molar-refractivity contribution >= 4 is 0 Å². The average Bonchev–Trinajstić information content (AvgIpc) is 2.56. The average molecular weight is 224 g/mol. The van der Waals surface area contributed by atoms with Crippen LogP contribution in [0.4, 0.5) is 0 Å². The molecule has 0 aromatic carbocycles.